The summed E-state index contributed by atoms with van der Waals surface area (Å²) in [6.07, 6.45) is 0.837. The highest BCUT2D eigenvalue weighted by atomic mass is 16.4. The van der Waals surface area contributed by atoms with Gasteiger partial charge in [0.05, 0.1) is 5.69 Å². The molecular weight excluding hydrogens is 182 g/mol. The van der Waals surface area contributed by atoms with Gasteiger partial charge in [0.2, 0.25) is 0 Å². The lowest BCUT2D eigenvalue weighted by Gasteiger charge is -2.17. The molecule has 0 aliphatic carbocycles. The van der Waals surface area contributed by atoms with Gasteiger partial charge in [-0.25, -0.2) is 9.36 Å². The van der Waals surface area contributed by atoms with Gasteiger partial charge in [-0.1, -0.05) is 20.8 Å². The fourth-order valence-corrected chi connectivity index (χ4v) is 1.37. The maximum atomic E-state index is 10.8. The van der Waals surface area contributed by atoms with Gasteiger partial charge >= 0.3 is 6.09 Å². The molecule has 0 bridgehead atoms. The summed E-state index contributed by atoms with van der Waals surface area (Å²) >= 11 is 0. The summed E-state index contributed by atoms with van der Waals surface area (Å²) < 4.78 is 0.938. The average Bonchev–Trinajstić information content (AvgIpc) is 2.45. The highest BCUT2D eigenvalue weighted by Gasteiger charge is 2.22. The fraction of sp³-hybridized carbons (Fsp3) is 0.400. The third-order valence-corrected chi connectivity index (χ3v) is 2.05. The van der Waals surface area contributed by atoms with Crippen molar-refractivity contribution in [1.82, 2.24) is 4.57 Å². The number of carbonyl (C=O) groups is 2. The Kier molecular flexibility index (Phi) is 2.47. The van der Waals surface area contributed by atoms with Gasteiger partial charge in [0.15, 0.2) is 6.29 Å². The zero-order valence-corrected chi connectivity index (χ0v) is 8.44. The van der Waals surface area contributed by atoms with E-state index in [1.807, 2.05) is 20.8 Å². The predicted octanol–water partition coefficient (Wildman–Crippen LogP) is 2.12. The van der Waals surface area contributed by atoms with Crippen LogP contribution in [-0.2, 0) is 5.41 Å². The SMILES string of the molecule is CC(C)(C)c1ccn(C(=O)O)c1C=O. The standard InChI is InChI=1S/C10H13NO3/c1-10(2,3)7-4-5-11(9(13)14)8(7)6-12/h4-6H,1-3H3,(H,13,14). The van der Waals surface area contributed by atoms with E-state index in [4.69, 9.17) is 5.11 Å². The van der Waals surface area contributed by atoms with Gasteiger partial charge in [-0.05, 0) is 17.0 Å². The van der Waals surface area contributed by atoms with Crippen LogP contribution in [0.1, 0.15) is 36.8 Å². The van der Waals surface area contributed by atoms with Crippen LogP contribution in [0.4, 0.5) is 4.79 Å². The van der Waals surface area contributed by atoms with Crippen LogP contribution in [0.15, 0.2) is 12.3 Å². The second-order valence-electron chi connectivity index (χ2n) is 4.14. The molecule has 14 heavy (non-hydrogen) atoms. The molecule has 0 amide bonds. The van der Waals surface area contributed by atoms with Crippen molar-refractivity contribution in [1.29, 1.82) is 0 Å². The van der Waals surface area contributed by atoms with Crippen molar-refractivity contribution in [3.63, 3.8) is 0 Å². The van der Waals surface area contributed by atoms with Crippen molar-refractivity contribution in [3.8, 4) is 0 Å². The van der Waals surface area contributed by atoms with Crippen molar-refractivity contribution in [2.45, 2.75) is 26.2 Å². The highest BCUT2D eigenvalue weighted by molar-refractivity contribution is 5.83. The summed E-state index contributed by atoms with van der Waals surface area (Å²) in [4.78, 5) is 21.5. The number of carboxylic acid groups (broad SMARTS) is 1. The molecule has 0 spiro atoms. The van der Waals surface area contributed by atoms with E-state index in [1.165, 1.54) is 6.20 Å². The molecular formula is C10H13NO3. The van der Waals surface area contributed by atoms with Gasteiger partial charge in [-0.2, -0.15) is 0 Å². The van der Waals surface area contributed by atoms with E-state index in [9.17, 15) is 9.59 Å². The zero-order chi connectivity index (χ0) is 10.9. The minimum atomic E-state index is -1.14. The summed E-state index contributed by atoms with van der Waals surface area (Å²) in [5, 5.41) is 8.78. The maximum absolute atomic E-state index is 10.8. The highest BCUT2D eigenvalue weighted by Crippen LogP contribution is 2.25. The zero-order valence-electron chi connectivity index (χ0n) is 8.44. The van der Waals surface area contributed by atoms with E-state index >= 15 is 0 Å². The minimum absolute atomic E-state index is 0.213. The third kappa shape index (κ3) is 1.69. The Hall–Kier alpha value is -1.58. The molecule has 1 N–H and O–H groups in total. The van der Waals surface area contributed by atoms with Crippen LogP contribution in [0.2, 0.25) is 0 Å². The van der Waals surface area contributed by atoms with E-state index in [1.54, 1.807) is 6.07 Å². The van der Waals surface area contributed by atoms with E-state index < -0.39 is 6.09 Å². The molecule has 76 valence electrons. The quantitative estimate of drug-likeness (QED) is 0.698. The smallest absolute Gasteiger partial charge is 0.416 e. The molecule has 0 aliphatic rings. The number of rotatable bonds is 1. The second-order valence-corrected chi connectivity index (χ2v) is 4.14. The molecule has 0 radical (unpaired) electrons. The molecule has 1 rings (SSSR count). The first-order chi connectivity index (χ1) is 6.38. The first-order valence-electron chi connectivity index (χ1n) is 4.28. The molecule has 0 fully saturated rings. The average molecular weight is 195 g/mol. The van der Waals surface area contributed by atoms with Crippen molar-refractivity contribution >= 4 is 12.4 Å². The number of hydrogen-bond donors (Lipinski definition) is 1. The van der Waals surface area contributed by atoms with Crippen molar-refractivity contribution in [3.05, 3.63) is 23.5 Å². The Morgan fingerprint density at radius 2 is 2.07 bits per heavy atom. The normalized spacial score (nSPS) is 11.4. The van der Waals surface area contributed by atoms with E-state index in [-0.39, 0.29) is 11.1 Å². The van der Waals surface area contributed by atoms with Gasteiger partial charge in [-0.3, -0.25) is 4.79 Å². The molecule has 4 heteroatoms. The van der Waals surface area contributed by atoms with Crippen LogP contribution in [-0.4, -0.2) is 22.1 Å². The van der Waals surface area contributed by atoms with E-state index in [0.717, 1.165) is 10.1 Å². The van der Waals surface area contributed by atoms with Crippen molar-refractivity contribution in [2.24, 2.45) is 0 Å². The maximum Gasteiger partial charge on any atom is 0.416 e. The lowest BCUT2D eigenvalue weighted by atomic mass is 9.87. The third-order valence-electron chi connectivity index (χ3n) is 2.05. The first-order valence-corrected chi connectivity index (χ1v) is 4.28. The Balaban J connectivity index is 3.35. The van der Waals surface area contributed by atoms with Gasteiger partial charge in [0.25, 0.3) is 0 Å². The van der Waals surface area contributed by atoms with Crippen molar-refractivity contribution < 1.29 is 14.7 Å². The van der Waals surface area contributed by atoms with Crippen LogP contribution in [0, 0.1) is 0 Å². The molecule has 0 aliphatic heterocycles. The lowest BCUT2D eigenvalue weighted by molar-refractivity contribution is 0.111. The largest absolute Gasteiger partial charge is 0.464 e. The topological polar surface area (TPSA) is 59.3 Å². The Morgan fingerprint density at radius 1 is 1.50 bits per heavy atom. The van der Waals surface area contributed by atoms with Crippen LogP contribution in [0.3, 0.4) is 0 Å². The van der Waals surface area contributed by atoms with Crippen molar-refractivity contribution in [2.75, 3.05) is 0 Å². The summed E-state index contributed by atoms with van der Waals surface area (Å²) in [5.41, 5.74) is 0.733. The first kappa shape index (κ1) is 10.5. The van der Waals surface area contributed by atoms with Crippen LogP contribution in [0.5, 0.6) is 0 Å². The monoisotopic (exact) mass is 195 g/mol. The number of aromatic nitrogens is 1. The predicted molar refractivity (Wildman–Crippen MR) is 51.9 cm³/mol. The molecule has 0 atom stereocenters. The van der Waals surface area contributed by atoms with Gasteiger partial charge in [0.1, 0.15) is 0 Å². The number of carbonyl (C=O) groups excluding carboxylic acids is 1. The van der Waals surface area contributed by atoms with Crippen LogP contribution >= 0.6 is 0 Å². The van der Waals surface area contributed by atoms with Gasteiger partial charge in [0, 0.05) is 6.20 Å². The summed E-state index contributed by atoms with van der Waals surface area (Å²) in [6.45, 7) is 5.80. The second kappa shape index (κ2) is 3.29. The molecule has 1 heterocycles. The summed E-state index contributed by atoms with van der Waals surface area (Å²) in [7, 11) is 0. The number of aldehydes is 1. The molecule has 4 nitrogen and oxygen atoms in total. The van der Waals surface area contributed by atoms with Gasteiger partial charge in [-0.15, -0.1) is 0 Å². The molecule has 0 saturated carbocycles. The lowest BCUT2D eigenvalue weighted by Crippen LogP contribution is -2.16. The Bertz CT molecular complexity index is 371. The number of nitrogens with zero attached hydrogens (tertiary/aromatic N) is 1. The Morgan fingerprint density at radius 3 is 2.43 bits per heavy atom. The fourth-order valence-electron chi connectivity index (χ4n) is 1.37. The summed E-state index contributed by atoms with van der Waals surface area (Å²) in [6, 6.07) is 1.66. The van der Waals surface area contributed by atoms with Crippen LogP contribution < -0.4 is 0 Å². The van der Waals surface area contributed by atoms with E-state index in [0.29, 0.717) is 6.29 Å². The van der Waals surface area contributed by atoms with Crippen LogP contribution in [0.25, 0.3) is 0 Å². The molecule has 0 unspecified atom stereocenters. The molecule has 1 aromatic rings. The molecule has 1 aromatic heterocycles. The minimum Gasteiger partial charge on any atom is -0.464 e. The Labute approximate surface area is 82.2 Å². The van der Waals surface area contributed by atoms with E-state index in [2.05, 4.69) is 0 Å². The molecule has 0 saturated heterocycles. The molecule has 0 aromatic carbocycles. The number of hydrogen-bond acceptors (Lipinski definition) is 2. The summed E-state index contributed by atoms with van der Waals surface area (Å²) in [5.74, 6) is 0. The van der Waals surface area contributed by atoms with Gasteiger partial charge < -0.3 is 5.11 Å².